The zero-order valence-electron chi connectivity index (χ0n) is 9.60. The molecule has 0 bridgehead atoms. The molecular formula is C13H11BrClNO2. The number of pyridine rings is 1. The first-order valence-corrected chi connectivity index (χ1v) is 6.41. The molecule has 0 aliphatic heterocycles. The summed E-state index contributed by atoms with van der Waals surface area (Å²) in [6, 6.07) is 6.94. The Balaban J connectivity index is 2.44. The number of rotatable bonds is 3. The summed E-state index contributed by atoms with van der Waals surface area (Å²) in [5.74, 6) is 0.590. The maximum absolute atomic E-state index is 10.4. The smallest absolute Gasteiger partial charge is 0.125 e. The molecule has 0 amide bonds. The average Bonchev–Trinajstić information content (AvgIpc) is 2.38. The summed E-state index contributed by atoms with van der Waals surface area (Å²) >= 11 is 9.27. The number of aromatic nitrogens is 1. The van der Waals surface area contributed by atoms with Crippen molar-refractivity contribution in [2.75, 3.05) is 7.11 Å². The summed E-state index contributed by atoms with van der Waals surface area (Å²) in [5.41, 5.74) is 1.29. The van der Waals surface area contributed by atoms with Crippen molar-refractivity contribution >= 4 is 27.5 Å². The molecule has 0 aliphatic carbocycles. The van der Waals surface area contributed by atoms with Crippen molar-refractivity contribution in [1.82, 2.24) is 4.98 Å². The average molecular weight is 329 g/mol. The van der Waals surface area contributed by atoms with Crippen LogP contribution in [-0.4, -0.2) is 17.2 Å². The fourth-order valence-electron chi connectivity index (χ4n) is 1.68. The highest BCUT2D eigenvalue weighted by Gasteiger charge is 2.16. The Morgan fingerprint density at radius 2 is 2.11 bits per heavy atom. The Kier molecular flexibility index (Phi) is 4.22. The number of aliphatic hydroxyl groups excluding tert-OH is 1. The van der Waals surface area contributed by atoms with E-state index in [0.29, 0.717) is 21.9 Å². The van der Waals surface area contributed by atoms with Gasteiger partial charge in [-0.05, 0) is 40.2 Å². The molecule has 3 nitrogen and oxygen atoms in total. The van der Waals surface area contributed by atoms with E-state index in [-0.39, 0.29) is 0 Å². The number of nitrogens with zero attached hydrogens (tertiary/aromatic N) is 1. The van der Waals surface area contributed by atoms with Gasteiger partial charge in [-0.3, -0.25) is 4.98 Å². The van der Waals surface area contributed by atoms with Crippen LogP contribution in [0.5, 0.6) is 5.75 Å². The number of aliphatic hydroxyl groups is 1. The van der Waals surface area contributed by atoms with Gasteiger partial charge in [0.1, 0.15) is 11.9 Å². The monoisotopic (exact) mass is 327 g/mol. The van der Waals surface area contributed by atoms with Crippen LogP contribution < -0.4 is 4.74 Å². The number of hydrogen-bond acceptors (Lipinski definition) is 3. The molecule has 1 aromatic carbocycles. The maximum Gasteiger partial charge on any atom is 0.125 e. The van der Waals surface area contributed by atoms with E-state index < -0.39 is 6.10 Å². The summed E-state index contributed by atoms with van der Waals surface area (Å²) in [4.78, 5) is 4.03. The number of halogens is 2. The van der Waals surface area contributed by atoms with Crippen molar-refractivity contribution in [2.45, 2.75) is 6.10 Å². The molecule has 0 fully saturated rings. The molecule has 1 atom stereocenters. The molecule has 0 saturated carbocycles. The number of benzene rings is 1. The van der Waals surface area contributed by atoms with Crippen LogP contribution in [-0.2, 0) is 0 Å². The minimum atomic E-state index is -0.830. The fraction of sp³-hybridized carbons (Fsp3) is 0.154. The van der Waals surface area contributed by atoms with Crippen LogP contribution in [0.3, 0.4) is 0 Å². The lowest BCUT2D eigenvalue weighted by Gasteiger charge is -2.15. The van der Waals surface area contributed by atoms with Gasteiger partial charge in [-0.2, -0.15) is 0 Å². The summed E-state index contributed by atoms with van der Waals surface area (Å²) in [5, 5.41) is 10.9. The molecule has 2 rings (SSSR count). The van der Waals surface area contributed by atoms with Crippen molar-refractivity contribution < 1.29 is 9.84 Å². The first kappa shape index (κ1) is 13.3. The third-order valence-electron chi connectivity index (χ3n) is 2.53. The Morgan fingerprint density at radius 1 is 1.33 bits per heavy atom. The molecule has 1 aromatic heterocycles. The minimum Gasteiger partial charge on any atom is -0.496 e. The van der Waals surface area contributed by atoms with Gasteiger partial charge in [-0.15, -0.1) is 0 Å². The molecule has 1 unspecified atom stereocenters. The van der Waals surface area contributed by atoms with Crippen LogP contribution in [0.25, 0.3) is 0 Å². The zero-order chi connectivity index (χ0) is 13.1. The van der Waals surface area contributed by atoms with Crippen molar-refractivity contribution in [3.8, 4) is 5.75 Å². The van der Waals surface area contributed by atoms with E-state index in [2.05, 4.69) is 20.9 Å². The molecule has 18 heavy (non-hydrogen) atoms. The van der Waals surface area contributed by atoms with Crippen LogP contribution in [0.2, 0.25) is 5.02 Å². The molecule has 94 valence electrons. The lowest BCUT2D eigenvalue weighted by molar-refractivity contribution is 0.214. The van der Waals surface area contributed by atoms with Crippen molar-refractivity contribution in [2.24, 2.45) is 0 Å². The van der Waals surface area contributed by atoms with Crippen molar-refractivity contribution in [1.29, 1.82) is 0 Å². The topological polar surface area (TPSA) is 42.4 Å². The van der Waals surface area contributed by atoms with Crippen LogP contribution in [0, 0.1) is 0 Å². The maximum atomic E-state index is 10.4. The van der Waals surface area contributed by atoms with E-state index in [1.54, 1.807) is 43.8 Å². The minimum absolute atomic E-state index is 0.549. The molecule has 1 N–H and O–H groups in total. The quantitative estimate of drug-likeness (QED) is 0.936. The van der Waals surface area contributed by atoms with Crippen LogP contribution >= 0.6 is 27.5 Å². The molecule has 0 radical (unpaired) electrons. The highest BCUT2D eigenvalue weighted by atomic mass is 79.9. The van der Waals surface area contributed by atoms with Gasteiger partial charge in [0.2, 0.25) is 0 Å². The predicted molar refractivity (Wildman–Crippen MR) is 74.0 cm³/mol. The Hall–Kier alpha value is -1.10. The first-order valence-electron chi connectivity index (χ1n) is 5.24. The Morgan fingerprint density at radius 3 is 2.78 bits per heavy atom. The standard InChI is InChI=1S/C13H11BrClNO2/c1-18-12-3-2-10(15)5-11(12)13(17)8-4-9(14)7-16-6-8/h2-7,13,17H,1H3. The number of hydrogen-bond donors (Lipinski definition) is 1. The molecule has 0 spiro atoms. The van der Waals surface area contributed by atoms with Crippen LogP contribution in [0.4, 0.5) is 0 Å². The van der Waals surface area contributed by atoms with Crippen molar-refractivity contribution in [3.63, 3.8) is 0 Å². The molecule has 0 saturated heterocycles. The fourth-order valence-corrected chi connectivity index (χ4v) is 2.24. The number of ether oxygens (including phenoxy) is 1. The Labute approximate surface area is 119 Å². The van der Waals surface area contributed by atoms with Gasteiger partial charge in [0.15, 0.2) is 0 Å². The summed E-state index contributed by atoms with van der Waals surface area (Å²) in [6.07, 6.45) is 2.44. The van der Waals surface area contributed by atoms with E-state index in [4.69, 9.17) is 16.3 Å². The third-order valence-corrected chi connectivity index (χ3v) is 3.20. The second kappa shape index (κ2) is 5.69. The van der Waals surface area contributed by atoms with Crippen LogP contribution in [0.1, 0.15) is 17.2 Å². The lowest BCUT2D eigenvalue weighted by atomic mass is 10.0. The number of methoxy groups -OCH3 is 1. The van der Waals surface area contributed by atoms with E-state index in [0.717, 1.165) is 4.47 Å². The van der Waals surface area contributed by atoms with Gasteiger partial charge < -0.3 is 9.84 Å². The van der Waals surface area contributed by atoms with Gasteiger partial charge in [0.05, 0.1) is 7.11 Å². The second-order valence-electron chi connectivity index (χ2n) is 3.73. The lowest BCUT2D eigenvalue weighted by Crippen LogP contribution is -2.03. The van der Waals surface area contributed by atoms with Gasteiger partial charge >= 0.3 is 0 Å². The zero-order valence-corrected chi connectivity index (χ0v) is 11.9. The van der Waals surface area contributed by atoms with Gasteiger partial charge in [-0.25, -0.2) is 0 Å². The van der Waals surface area contributed by atoms with Gasteiger partial charge in [0.25, 0.3) is 0 Å². The largest absolute Gasteiger partial charge is 0.496 e. The first-order chi connectivity index (χ1) is 8.61. The van der Waals surface area contributed by atoms with Gasteiger partial charge in [-0.1, -0.05) is 11.6 Å². The summed E-state index contributed by atoms with van der Waals surface area (Å²) in [6.45, 7) is 0. The van der Waals surface area contributed by atoms with Crippen molar-refractivity contribution in [3.05, 3.63) is 57.3 Å². The predicted octanol–water partition coefficient (Wildman–Crippen LogP) is 3.59. The summed E-state index contributed by atoms with van der Waals surface area (Å²) < 4.78 is 6.03. The molecule has 0 aliphatic rings. The van der Waals surface area contributed by atoms with E-state index >= 15 is 0 Å². The molecule has 5 heteroatoms. The Bertz CT molecular complexity index is 562. The molecular weight excluding hydrogens is 318 g/mol. The second-order valence-corrected chi connectivity index (χ2v) is 5.08. The normalized spacial score (nSPS) is 12.2. The molecule has 2 aromatic rings. The SMILES string of the molecule is COc1ccc(Cl)cc1C(O)c1cncc(Br)c1. The van der Waals surface area contributed by atoms with E-state index in [9.17, 15) is 5.11 Å². The van der Waals surface area contributed by atoms with Crippen LogP contribution in [0.15, 0.2) is 41.1 Å². The van der Waals surface area contributed by atoms with Gasteiger partial charge in [0, 0.05) is 33.0 Å². The molecule has 1 heterocycles. The van der Waals surface area contributed by atoms with E-state index in [1.165, 1.54) is 0 Å². The highest BCUT2D eigenvalue weighted by molar-refractivity contribution is 9.10. The highest BCUT2D eigenvalue weighted by Crippen LogP contribution is 2.32. The summed E-state index contributed by atoms with van der Waals surface area (Å²) in [7, 11) is 1.55. The third kappa shape index (κ3) is 2.83. The van der Waals surface area contributed by atoms with E-state index in [1.807, 2.05) is 0 Å².